The lowest BCUT2D eigenvalue weighted by Crippen LogP contribution is -2.38. The molecule has 5 heteroatoms. The zero-order valence-corrected chi connectivity index (χ0v) is 16.1. The van der Waals surface area contributed by atoms with Crippen LogP contribution < -0.4 is 14.8 Å². The number of nitrogens with one attached hydrogen (secondary N) is 1. The molecule has 144 valence electrons. The molecule has 0 bridgehead atoms. The smallest absolute Gasteiger partial charge is 0.258 e. The summed E-state index contributed by atoms with van der Waals surface area (Å²) in [5.74, 6) is 1.31. The van der Waals surface area contributed by atoms with Crippen molar-refractivity contribution < 1.29 is 14.3 Å². The highest BCUT2D eigenvalue weighted by molar-refractivity contribution is 5.77. The SMILES string of the molecule is COc1ccc(OCC(=O)NCC(c2ccc(C)cc2)N2CCCC2)cc1. The third-order valence-electron chi connectivity index (χ3n) is 4.97. The summed E-state index contributed by atoms with van der Waals surface area (Å²) in [6, 6.07) is 16.0. The predicted octanol–water partition coefficient (Wildman–Crippen LogP) is 3.34. The lowest BCUT2D eigenvalue weighted by molar-refractivity contribution is -0.123. The Kier molecular flexibility index (Phi) is 6.71. The number of nitrogens with zero attached hydrogens (tertiary/aromatic N) is 1. The minimum atomic E-state index is -0.109. The van der Waals surface area contributed by atoms with Crippen molar-refractivity contribution in [3.05, 3.63) is 59.7 Å². The van der Waals surface area contributed by atoms with Gasteiger partial charge >= 0.3 is 0 Å². The van der Waals surface area contributed by atoms with Crippen LogP contribution in [0.2, 0.25) is 0 Å². The van der Waals surface area contributed by atoms with Crippen LogP contribution in [0.5, 0.6) is 11.5 Å². The molecule has 1 heterocycles. The molecule has 1 amide bonds. The predicted molar refractivity (Wildman–Crippen MR) is 106 cm³/mol. The molecule has 5 nitrogen and oxygen atoms in total. The third-order valence-corrected chi connectivity index (χ3v) is 4.97. The molecule has 1 N–H and O–H groups in total. The molecule has 0 spiro atoms. The van der Waals surface area contributed by atoms with E-state index in [-0.39, 0.29) is 18.6 Å². The minimum absolute atomic E-state index is 0.00689. The molecule has 1 fully saturated rings. The largest absolute Gasteiger partial charge is 0.497 e. The van der Waals surface area contributed by atoms with Crippen molar-refractivity contribution in [1.29, 1.82) is 0 Å². The number of carbonyl (C=O) groups excluding carboxylic acids is 1. The van der Waals surface area contributed by atoms with Gasteiger partial charge in [0.1, 0.15) is 11.5 Å². The normalized spacial score (nSPS) is 15.3. The van der Waals surface area contributed by atoms with Gasteiger partial charge in [0, 0.05) is 6.54 Å². The Bertz CT molecular complexity index is 722. The van der Waals surface area contributed by atoms with Crippen LogP contribution in [0.3, 0.4) is 0 Å². The lowest BCUT2D eigenvalue weighted by Gasteiger charge is -2.28. The van der Waals surface area contributed by atoms with Gasteiger partial charge in [-0.3, -0.25) is 9.69 Å². The van der Waals surface area contributed by atoms with Crippen LogP contribution in [0.4, 0.5) is 0 Å². The average molecular weight is 368 g/mol. The highest BCUT2D eigenvalue weighted by Crippen LogP contribution is 2.25. The summed E-state index contributed by atoms with van der Waals surface area (Å²) in [6.45, 7) is 4.85. The summed E-state index contributed by atoms with van der Waals surface area (Å²) in [5, 5.41) is 3.04. The highest BCUT2D eigenvalue weighted by atomic mass is 16.5. The van der Waals surface area contributed by atoms with Crippen LogP contribution in [0.25, 0.3) is 0 Å². The van der Waals surface area contributed by atoms with Gasteiger partial charge in [-0.15, -0.1) is 0 Å². The summed E-state index contributed by atoms with van der Waals surface area (Å²) in [6.07, 6.45) is 2.44. The van der Waals surface area contributed by atoms with E-state index in [0.29, 0.717) is 12.3 Å². The van der Waals surface area contributed by atoms with Crippen molar-refractivity contribution in [1.82, 2.24) is 10.2 Å². The molecular formula is C22H28N2O3. The van der Waals surface area contributed by atoms with Crippen LogP contribution in [0.15, 0.2) is 48.5 Å². The number of hydrogen-bond acceptors (Lipinski definition) is 4. The first-order valence-electron chi connectivity index (χ1n) is 9.50. The quantitative estimate of drug-likeness (QED) is 0.776. The van der Waals surface area contributed by atoms with Gasteiger partial charge in [0.05, 0.1) is 13.2 Å². The molecule has 1 saturated heterocycles. The maximum Gasteiger partial charge on any atom is 0.258 e. The van der Waals surface area contributed by atoms with Gasteiger partial charge in [-0.25, -0.2) is 0 Å². The second kappa shape index (κ2) is 9.42. The van der Waals surface area contributed by atoms with Gasteiger partial charge in [-0.1, -0.05) is 29.8 Å². The summed E-state index contributed by atoms with van der Waals surface area (Å²) >= 11 is 0. The molecule has 3 rings (SSSR count). The van der Waals surface area contributed by atoms with Gasteiger partial charge in [-0.05, 0) is 62.7 Å². The summed E-state index contributed by atoms with van der Waals surface area (Å²) < 4.78 is 10.7. The van der Waals surface area contributed by atoms with Gasteiger partial charge in [-0.2, -0.15) is 0 Å². The van der Waals surface area contributed by atoms with Crippen molar-refractivity contribution in [2.24, 2.45) is 0 Å². The number of rotatable bonds is 8. The van der Waals surface area contributed by atoms with E-state index in [9.17, 15) is 4.79 Å². The Labute approximate surface area is 161 Å². The molecule has 0 aliphatic carbocycles. The van der Waals surface area contributed by atoms with Crippen LogP contribution in [0, 0.1) is 6.92 Å². The van der Waals surface area contributed by atoms with Crippen LogP contribution in [0.1, 0.15) is 30.0 Å². The molecule has 0 radical (unpaired) electrons. The van der Waals surface area contributed by atoms with E-state index < -0.39 is 0 Å². The molecule has 2 aromatic carbocycles. The summed E-state index contributed by atoms with van der Waals surface area (Å²) in [7, 11) is 1.62. The van der Waals surface area contributed by atoms with Crippen molar-refractivity contribution >= 4 is 5.91 Å². The standard InChI is InChI=1S/C22H28N2O3/c1-17-5-7-18(8-6-17)21(24-13-3-4-14-24)15-23-22(25)16-27-20-11-9-19(26-2)10-12-20/h5-12,21H,3-4,13-16H2,1-2H3,(H,23,25). The number of ether oxygens (including phenoxy) is 2. The number of benzene rings is 2. The Morgan fingerprint density at radius 2 is 1.67 bits per heavy atom. The molecule has 0 saturated carbocycles. The molecule has 1 atom stereocenters. The third kappa shape index (κ3) is 5.47. The van der Waals surface area contributed by atoms with Gasteiger partial charge in [0.15, 0.2) is 6.61 Å². The van der Waals surface area contributed by atoms with E-state index in [1.165, 1.54) is 24.0 Å². The summed E-state index contributed by atoms with van der Waals surface area (Å²) in [4.78, 5) is 14.7. The number of carbonyl (C=O) groups is 1. The summed E-state index contributed by atoms with van der Waals surface area (Å²) in [5.41, 5.74) is 2.50. The van der Waals surface area contributed by atoms with Crippen LogP contribution >= 0.6 is 0 Å². The molecule has 2 aromatic rings. The Hall–Kier alpha value is -2.53. The van der Waals surface area contributed by atoms with E-state index in [2.05, 4.69) is 41.4 Å². The average Bonchev–Trinajstić information content (AvgIpc) is 3.23. The van der Waals surface area contributed by atoms with Crippen molar-refractivity contribution in [2.75, 3.05) is 33.4 Å². The van der Waals surface area contributed by atoms with E-state index >= 15 is 0 Å². The van der Waals surface area contributed by atoms with E-state index in [4.69, 9.17) is 9.47 Å². The first-order valence-corrected chi connectivity index (χ1v) is 9.50. The van der Waals surface area contributed by atoms with Gasteiger partial charge in [0.2, 0.25) is 0 Å². The Morgan fingerprint density at radius 1 is 1.04 bits per heavy atom. The monoisotopic (exact) mass is 368 g/mol. The number of amides is 1. The first-order chi connectivity index (χ1) is 13.2. The molecular weight excluding hydrogens is 340 g/mol. The zero-order chi connectivity index (χ0) is 19.1. The number of likely N-dealkylation sites (tertiary alicyclic amines) is 1. The fourth-order valence-corrected chi connectivity index (χ4v) is 3.38. The first kappa shape index (κ1) is 19.2. The maximum atomic E-state index is 12.3. The van der Waals surface area contributed by atoms with Crippen LogP contribution in [-0.2, 0) is 4.79 Å². The van der Waals surface area contributed by atoms with E-state index in [0.717, 1.165) is 18.8 Å². The topological polar surface area (TPSA) is 50.8 Å². The molecule has 1 aliphatic heterocycles. The van der Waals surface area contributed by atoms with Crippen LogP contribution in [-0.4, -0.2) is 44.2 Å². The van der Waals surface area contributed by atoms with Gasteiger partial charge < -0.3 is 14.8 Å². The Morgan fingerprint density at radius 3 is 2.30 bits per heavy atom. The highest BCUT2D eigenvalue weighted by Gasteiger charge is 2.23. The number of hydrogen-bond donors (Lipinski definition) is 1. The lowest BCUT2D eigenvalue weighted by atomic mass is 10.0. The fraction of sp³-hybridized carbons (Fsp3) is 0.409. The second-order valence-corrected chi connectivity index (χ2v) is 6.94. The molecule has 1 aliphatic rings. The van der Waals surface area contributed by atoms with E-state index in [1.807, 2.05) is 12.1 Å². The molecule has 0 aromatic heterocycles. The van der Waals surface area contributed by atoms with Crippen molar-refractivity contribution in [2.45, 2.75) is 25.8 Å². The number of methoxy groups -OCH3 is 1. The second-order valence-electron chi connectivity index (χ2n) is 6.94. The number of aryl methyl sites for hydroxylation is 1. The maximum absolute atomic E-state index is 12.3. The molecule has 1 unspecified atom stereocenters. The minimum Gasteiger partial charge on any atom is -0.497 e. The van der Waals surface area contributed by atoms with Gasteiger partial charge in [0.25, 0.3) is 5.91 Å². The van der Waals surface area contributed by atoms with E-state index in [1.54, 1.807) is 19.2 Å². The zero-order valence-electron chi connectivity index (χ0n) is 16.1. The van der Waals surface area contributed by atoms with Crippen molar-refractivity contribution in [3.63, 3.8) is 0 Å². The molecule has 27 heavy (non-hydrogen) atoms. The Balaban J connectivity index is 1.54. The fourth-order valence-electron chi connectivity index (χ4n) is 3.38. The van der Waals surface area contributed by atoms with Crippen molar-refractivity contribution in [3.8, 4) is 11.5 Å².